The van der Waals surface area contributed by atoms with Crippen molar-refractivity contribution in [2.24, 2.45) is 0 Å². The van der Waals surface area contributed by atoms with E-state index in [2.05, 4.69) is 46.4 Å². The second-order valence-corrected chi connectivity index (χ2v) is 5.72. The zero-order valence-corrected chi connectivity index (χ0v) is 9.85. The van der Waals surface area contributed by atoms with Crippen molar-refractivity contribution < 1.29 is 4.74 Å². The highest BCUT2D eigenvalue weighted by molar-refractivity contribution is 4.93. The second kappa shape index (κ2) is 3.25. The van der Waals surface area contributed by atoms with Gasteiger partial charge in [-0.1, -0.05) is 0 Å². The molecule has 1 aliphatic heterocycles. The smallest absolute Gasteiger partial charge is 0.0675 e. The van der Waals surface area contributed by atoms with Crippen LogP contribution in [0.15, 0.2) is 0 Å². The number of hydrogen-bond acceptors (Lipinski definition) is 2. The molecule has 1 atom stereocenters. The summed E-state index contributed by atoms with van der Waals surface area (Å²) in [5, 5.41) is 0. The van der Waals surface area contributed by atoms with Crippen LogP contribution in [0.4, 0.5) is 0 Å². The molecule has 1 aliphatic rings. The maximum atomic E-state index is 5.68. The van der Waals surface area contributed by atoms with Crippen LogP contribution in [0.1, 0.15) is 41.5 Å². The summed E-state index contributed by atoms with van der Waals surface area (Å²) in [5.41, 5.74) is 0.409. The van der Waals surface area contributed by atoms with Crippen LogP contribution in [0.2, 0.25) is 0 Å². The zero-order valence-electron chi connectivity index (χ0n) is 9.85. The number of hydrogen-bond donors (Lipinski definition) is 0. The lowest BCUT2D eigenvalue weighted by Gasteiger charge is -2.51. The minimum absolute atomic E-state index is 0.171. The van der Waals surface area contributed by atoms with E-state index in [1.165, 1.54) is 0 Å². The molecule has 13 heavy (non-hydrogen) atoms. The molecular weight excluding hydrogens is 162 g/mol. The summed E-state index contributed by atoms with van der Waals surface area (Å²) < 4.78 is 5.68. The first-order valence-corrected chi connectivity index (χ1v) is 5.13. The fourth-order valence-electron chi connectivity index (χ4n) is 2.16. The maximum absolute atomic E-state index is 5.68. The summed E-state index contributed by atoms with van der Waals surface area (Å²) in [6.07, 6.45) is 0.368. The zero-order chi connectivity index (χ0) is 10.3. The molecule has 0 aromatic rings. The molecule has 0 radical (unpaired) electrons. The first kappa shape index (κ1) is 11.0. The fourth-order valence-corrected chi connectivity index (χ4v) is 2.16. The molecule has 0 amide bonds. The molecule has 0 bridgehead atoms. The summed E-state index contributed by atoms with van der Waals surface area (Å²) in [5.74, 6) is 0. The Balaban J connectivity index is 2.78. The molecule has 0 spiro atoms. The molecule has 0 aromatic heterocycles. The van der Waals surface area contributed by atoms with Crippen LogP contribution in [0, 0.1) is 0 Å². The number of ether oxygens (including phenoxy) is 1. The van der Waals surface area contributed by atoms with Crippen molar-refractivity contribution in [1.29, 1.82) is 0 Å². The van der Waals surface area contributed by atoms with E-state index in [1.807, 2.05) is 0 Å². The Morgan fingerprint density at radius 3 is 2.23 bits per heavy atom. The number of morpholine rings is 1. The van der Waals surface area contributed by atoms with Crippen LogP contribution in [-0.4, -0.2) is 35.2 Å². The Hall–Kier alpha value is -0.0800. The van der Waals surface area contributed by atoms with Gasteiger partial charge >= 0.3 is 0 Å². The van der Waals surface area contributed by atoms with Gasteiger partial charge in [-0.25, -0.2) is 0 Å². The standard InChI is InChI=1S/C11H23NO/c1-9-7-12(10(2,3)4)11(5,6)8-13-9/h9H,7-8H2,1-6H3. The van der Waals surface area contributed by atoms with Crippen LogP contribution in [-0.2, 0) is 4.74 Å². The van der Waals surface area contributed by atoms with Gasteiger partial charge in [0.25, 0.3) is 0 Å². The van der Waals surface area contributed by atoms with Gasteiger partial charge in [-0.3, -0.25) is 4.90 Å². The van der Waals surface area contributed by atoms with Gasteiger partial charge in [0.2, 0.25) is 0 Å². The molecule has 1 heterocycles. The molecule has 1 unspecified atom stereocenters. The van der Waals surface area contributed by atoms with Crippen molar-refractivity contribution in [3.8, 4) is 0 Å². The first-order chi connectivity index (χ1) is 5.73. The van der Waals surface area contributed by atoms with Gasteiger partial charge < -0.3 is 4.74 Å². The molecule has 0 aliphatic carbocycles. The van der Waals surface area contributed by atoms with Crippen molar-refractivity contribution in [1.82, 2.24) is 4.90 Å². The quantitative estimate of drug-likeness (QED) is 0.574. The average Bonchev–Trinajstić information content (AvgIpc) is 1.92. The summed E-state index contributed by atoms with van der Waals surface area (Å²) in [4.78, 5) is 2.54. The van der Waals surface area contributed by atoms with Gasteiger partial charge in [-0.15, -0.1) is 0 Å². The molecule has 0 saturated carbocycles. The van der Waals surface area contributed by atoms with Crippen molar-refractivity contribution in [2.75, 3.05) is 13.2 Å². The topological polar surface area (TPSA) is 12.5 Å². The molecule has 1 rings (SSSR count). The van der Waals surface area contributed by atoms with Crippen molar-refractivity contribution in [2.45, 2.75) is 58.7 Å². The first-order valence-electron chi connectivity index (χ1n) is 5.13. The lowest BCUT2D eigenvalue weighted by molar-refractivity contribution is -0.124. The average molecular weight is 185 g/mol. The van der Waals surface area contributed by atoms with Gasteiger partial charge in [0.05, 0.1) is 12.7 Å². The summed E-state index contributed by atoms with van der Waals surface area (Å²) in [6.45, 7) is 15.3. The Morgan fingerprint density at radius 2 is 1.85 bits per heavy atom. The van der Waals surface area contributed by atoms with Gasteiger partial charge in [0.15, 0.2) is 0 Å². The predicted octanol–water partition coefficient (Wildman–Crippen LogP) is 2.28. The van der Waals surface area contributed by atoms with E-state index in [0.717, 1.165) is 13.2 Å². The molecule has 0 N–H and O–H groups in total. The molecule has 2 nitrogen and oxygen atoms in total. The Labute approximate surface area is 82.3 Å². The minimum Gasteiger partial charge on any atom is -0.375 e. The van der Waals surface area contributed by atoms with Gasteiger partial charge in [0, 0.05) is 17.6 Å². The van der Waals surface area contributed by atoms with E-state index in [4.69, 9.17) is 4.74 Å². The third kappa shape index (κ3) is 2.44. The Kier molecular flexibility index (Phi) is 2.75. The minimum atomic E-state index is 0.171. The maximum Gasteiger partial charge on any atom is 0.0675 e. The van der Waals surface area contributed by atoms with Gasteiger partial charge in [0.1, 0.15) is 0 Å². The van der Waals surface area contributed by atoms with Gasteiger partial charge in [-0.2, -0.15) is 0 Å². The third-order valence-corrected chi connectivity index (χ3v) is 2.70. The lowest BCUT2D eigenvalue weighted by atomic mass is 9.93. The fraction of sp³-hybridized carbons (Fsp3) is 1.00. The molecule has 1 saturated heterocycles. The predicted molar refractivity (Wildman–Crippen MR) is 56.0 cm³/mol. The molecule has 0 aromatic carbocycles. The Bertz CT molecular complexity index is 181. The van der Waals surface area contributed by atoms with Crippen molar-refractivity contribution in [3.05, 3.63) is 0 Å². The molecule has 2 heteroatoms. The molecule has 78 valence electrons. The second-order valence-electron chi connectivity index (χ2n) is 5.72. The van der Waals surface area contributed by atoms with Crippen LogP contribution in [0.3, 0.4) is 0 Å². The van der Waals surface area contributed by atoms with Crippen molar-refractivity contribution >= 4 is 0 Å². The Morgan fingerprint density at radius 1 is 1.31 bits per heavy atom. The van der Waals surface area contributed by atoms with E-state index in [9.17, 15) is 0 Å². The van der Waals surface area contributed by atoms with E-state index in [0.29, 0.717) is 6.10 Å². The van der Waals surface area contributed by atoms with Gasteiger partial charge in [-0.05, 0) is 41.5 Å². The van der Waals surface area contributed by atoms with E-state index >= 15 is 0 Å². The van der Waals surface area contributed by atoms with E-state index in [-0.39, 0.29) is 11.1 Å². The van der Waals surface area contributed by atoms with Crippen LogP contribution in [0.5, 0.6) is 0 Å². The van der Waals surface area contributed by atoms with E-state index in [1.54, 1.807) is 0 Å². The SMILES string of the molecule is CC1CN(C(C)(C)C)C(C)(C)CO1. The lowest BCUT2D eigenvalue weighted by Crippen LogP contribution is -2.62. The third-order valence-electron chi connectivity index (χ3n) is 2.70. The number of rotatable bonds is 0. The summed E-state index contributed by atoms with van der Waals surface area (Å²) in [7, 11) is 0. The highest BCUT2D eigenvalue weighted by atomic mass is 16.5. The van der Waals surface area contributed by atoms with Crippen molar-refractivity contribution in [3.63, 3.8) is 0 Å². The van der Waals surface area contributed by atoms with Crippen LogP contribution in [0.25, 0.3) is 0 Å². The van der Waals surface area contributed by atoms with E-state index < -0.39 is 0 Å². The summed E-state index contributed by atoms with van der Waals surface area (Å²) in [6, 6.07) is 0. The highest BCUT2D eigenvalue weighted by Gasteiger charge is 2.39. The van der Waals surface area contributed by atoms with Crippen LogP contribution >= 0.6 is 0 Å². The highest BCUT2D eigenvalue weighted by Crippen LogP contribution is 2.29. The molecule has 1 fully saturated rings. The monoisotopic (exact) mass is 185 g/mol. The summed E-state index contributed by atoms with van der Waals surface area (Å²) >= 11 is 0. The molecular formula is C11H23NO. The van der Waals surface area contributed by atoms with Crippen LogP contribution < -0.4 is 0 Å². The largest absolute Gasteiger partial charge is 0.375 e. The normalized spacial score (nSPS) is 30.5. The number of nitrogens with zero attached hydrogens (tertiary/aromatic N) is 1.